The number of alkyl carbamates (subject to hydrolysis) is 2. The van der Waals surface area contributed by atoms with Gasteiger partial charge in [-0.05, 0) is 67.0 Å². The standard InChI is InChI=1S/C41H45N9O6/c1-25(45-40(53)55-2)38(51)49-20-6-9-34(49)36-43-23-32(46-36)28-15-11-26(12-16-28)27-13-17-29(18-14-27)33-24-44-37(47-33)35-10-7-21-50(35)39(52)31(48-41(54)56-3)22-30-8-4-5-19-42-30/h4-5,8,11-19,23-25,31,34-35H,6-7,9-10,20-22H2,1-3H3,(H,43,46)(H,44,47)(H,45,53)(H,48,54)/t25-,31-,34-,35-/m0/s1. The van der Waals surface area contributed by atoms with Crippen molar-refractivity contribution in [2.45, 2.75) is 63.2 Å². The van der Waals surface area contributed by atoms with Crippen LogP contribution < -0.4 is 10.6 Å². The van der Waals surface area contributed by atoms with E-state index in [2.05, 4.69) is 64.6 Å². The summed E-state index contributed by atoms with van der Waals surface area (Å²) in [6.07, 6.45) is 7.34. The molecule has 7 rings (SSSR count). The van der Waals surface area contributed by atoms with E-state index in [0.717, 1.165) is 59.3 Å². The molecule has 4 amide bonds. The maximum atomic E-state index is 13.8. The van der Waals surface area contributed by atoms with Crippen LogP contribution in [0.4, 0.5) is 9.59 Å². The van der Waals surface area contributed by atoms with E-state index in [1.165, 1.54) is 14.2 Å². The van der Waals surface area contributed by atoms with E-state index < -0.39 is 24.3 Å². The number of aromatic nitrogens is 5. The summed E-state index contributed by atoms with van der Waals surface area (Å²) in [7, 11) is 2.54. The maximum Gasteiger partial charge on any atom is 0.407 e. The number of nitrogens with zero attached hydrogens (tertiary/aromatic N) is 5. The van der Waals surface area contributed by atoms with Crippen LogP contribution in [0.25, 0.3) is 33.6 Å². The second kappa shape index (κ2) is 16.9. The van der Waals surface area contributed by atoms with E-state index in [0.29, 0.717) is 30.4 Å². The number of hydrogen-bond acceptors (Lipinski definition) is 9. The number of benzene rings is 2. The van der Waals surface area contributed by atoms with Crippen molar-refractivity contribution in [3.8, 4) is 33.6 Å². The SMILES string of the molecule is COC(=O)N[C@@H](C)C(=O)N1CCC[C@H]1c1ncc(-c2ccc(-c3ccc(-c4cnc([C@@H]5CCCN5C(=O)[C@H](Cc5ccccn5)NC(=O)OC)[nH]4)cc3)cc2)[nH]1. The Bertz CT molecular complexity index is 2150. The monoisotopic (exact) mass is 759 g/mol. The Balaban J connectivity index is 0.996. The van der Waals surface area contributed by atoms with Crippen LogP contribution in [0, 0.1) is 0 Å². The molecule has 4 atom stereocenters. The van der Waals surface area contributed by atoms with Gasteiger partial charge in [-0.25, -0.2) is 19.6 Å². The van der Waals surface area contributed by atoms with E-state index in [1.807, 2.05) is 36.4 Å². The highest BCUT2D eigenvalue weighted by Gasteiger charge is 2.37. The normalized spacial score (nSPS) is 17.6. The van der Waals surface area contributed by atoms with Gasteiger partial charge in [0.25, 0.3) is 0 Å². The molecule has 0 spiro atoms. The molecular formula is C41H45N9O6. The summed E-state index contributed by atoms with van der Waals surface area (Å²) in [6.45, 7) is 2.79. The topological polar surface area (TPSA) is 188 Å². The first-order valence-electron chi connectivity index (χ1n) is 18.7. The number of carbonyl (C=O) groups is 4. The average molecular weight is 760 g/mol. The number of rotatable bonds is 11. The number of imidazole rings is 2. The summed E-state index contributed by atoms with van der Waals surface area (Å²) in [4.78, 5) is 74.8. The van der Waals surface area contributed by atoms with Crippen LogP contribution in [-0.2, 0) is 25.5 Å². The molecule has 15 nitrogen and oxygen atoms in total. The third kappa shape index (κ3) is 8.26. The predicted molar refractivity (Wildman–Crippen MR) is 207 cm³/mol. The van der Waals surface area contributed by atoms with Gasteiger partial charge in [-0.3, -0.25) is 14.6 Å². The molecular weight excluding hydrogens is 715 g/mol. The molecule has 2 aromatic carbocycles. The van der Waals surface area contributed by atoms with Gasteiger partial charge in [0.15, 0.2) is 0 Å². The molecule has 2 fully saturated rings. The van der Waals surface area contributed by atoms with Crippen LogP contribution in [0.3, 0.4) is 0 Å². The molecule has 0 saturated carbocycles. The van der Waals surface area contributed by atoms with Crippen molar-refractivity contribution < 1.29 is 28.7 Å². The first kappa shape index (κ1) is 37.8. The Morgan fingerprint density at radius 1 is 0.696 bits per heavy atom. The van der Waals surface area contributed by atoms with Crippen LogP contribution in [0.15, 0.2) is 85.3 Å². The zero-order valence-electron chi connectivity index (χ0n) is 31.5. The van der Waals surface area contributed by atoms with Crippen molar-refractivity contribution in [1.29, 1.82) is 0 Å². The third-order valence-electron chi connectivity index (χ3n) is 10.4. The molecule has 15 heteroatoms. The largest absolute Gasteiger partial charge is 0.453 e. The number of methoxy groups -OCH3 is 2. The molecule has 3 aromatic heterocycles. The summed E-state index contributed by atoms with van der Waals surface area (Å²) in [6, 6.07) is 19.9. The quantitative estimate of drug-likeness (QED) is 0.134. The second-order valence-electron chi connectivity index (χ2n) is 14.0. The molecule has 5 heterocycles. The summed E-state index contributed by atoms with van der Waals surface area (Å²) in [5.41, 5.74) is 6.40. The molecule has 2 saturated heterocycles. The average Bonchev–Trinajstić information content (AvgIpc) is 4.07. The van der Waals surface area contributed by atoms with E-state index in [4.69, 9.17) is 4.74 Å². The molecule has 0 aliphatic carbocycles. The number of H-pyrrole nitrogens is 2. The summed E-state index contributed by atoms with van der Waals surface area (Å²) in [5.74, 6) is 1.02. The number of amides is 4. The van der Waals surface area contributed by atoms with E-state index in [1.54, 1.807) is 41.4 Å². The third-order valence-corrected chi connectivity index (χ3v) is 10.4. The van der Waals surface area contributed by atoms with Gasteiger partial charge in [-0.2, -0.15) is 0 Å². The van der Waals surface area contributed by atoms with Gasteiger partial charge in [0.2, 0.25) is 11.8 Å². The van der Waals surface area contributed by atoms with Crippen LogP contribution >= 0.6 is 0 Å². The Labute approximate surface area is 324 Å². The molecule has 5 aromatic rings. The van der Waals surface area contributed by atoms with Gasteiger partial charge in [-0.15, -0.1) is 0 Å². The minimum Gasteiger partial charge on any atom is -0.453 e. The highest BCUT2D eigenvalue weighted by Crippen LogP contribution is 2.34. The number of nitrogens with one attached hydrogen (secondary N) is 4. The fourth-order valence-corrected chi connectivity index (χ4v) is 7.49. The van der Waals surface area contributed by atoms with Crippen molar-refractivity contribution in [3.63, 3.8) is 0 Å². The van der Waals surface area contributed by atoms with Crippen LogP contribution in [-0.4, -0.2) is 98.1 Å². The minimum atomic E-state index is -0.834. The van der Waals surface area contributed by atoms with Crippen molar-refractivity contribution in [2.75, 3.05) is 27.3 Å². The summed E-state index contributed by atoms with van der Waals surface area (Å²) < 4.78 is 9.46. The fourth-order valence-electron chi connectivity index (χ4n) is 7.49. The molecule has 0 bridgehead atoms. The summed E-state index contributed by atoms with van der Waals surface area (Å²) in [5, 5.41) is 5.25. The molecule has 56 heavy (non-hydrogen) atoms. The number of hydrogen-bond donors (Lipinski definition) is 4. The van der Waals surface area contributed by atoms with Gasteiger partial charge in [0.05, 0.1) is 50.1 Å². The van der Waals surface area contributed by atoms with Crippen molar-refractivity contribution in [2.24, 2.45) is 0 Å². The first-order valence-corrected chi connectivity index (χ1v) is 18.7. The lowest BCUT2D eigenvalue weighted by Crippen LogP contribution is -2.49. The van der Waals surface area contributed by atoms with Gasteiger partial charge in [0.1, 0.15) is 23.7 Å². The van der Waals surface area contributed by atoms with E-state index in [-0.39, 0.29) is 30.3 Å². The van der Waals surface area contributed by atoms with Gasteiger partial charge < -0.3 is 39.9 Å². The van der Waals surface area contributed by atoms with Crippen LogP contribution in [0.2, 0.25) is 0 Å². The maximum absolute atomic E-state index is 13.8. The number of aromatic amines is 2. The van der Waals surface area contributed by atoms with Crippen LogP contribution in [0.1, 0.15) is 62.0 Å². The van der Waals surface area contributed by atoms with E-state index in [9.17, 15) is 19.2 Å². The number of pyridine rings is 1. The van der Waals surface area contributed by atoms with E-state index >= 15 is 0 Å². The lowest BCUT2D eigenvalue weighted by Gasteiger charge is -2.28. The van der Waals surface area contributed by atoms with Crippen molar-refractivity contribution in [1.82, 2.24) is 45.4 Å². The molecule has 4 N–H and O–H groups in total. The smallest absolute Gasteiger partial charge is 0.407 e. The lowest BCUT2D eigenvalue weighted by molar-refractivity contribution is -0.135. The Hall–Kier alpha value is -6.51. The fraction of sp³-hybridized carbons (Fsp3) is 0.341. The summed E-state index contributed by atoms with van der Waals surface area (Å²) >= 11 is 0. The second-order valence-corrected chi connectivity index (χ2v) is 14.0. The molecule has 2 aliphatic heterocycles. The minimum absolute atomic E-state index is 0.177. The van der Waals surface area contributed by atoms with Gasteiger partial charge in [-0.1, -0.05) is 54.6 Å². The number of likely N-dealkylation sites (tertiary alicyclic amines) is 2. The molecule has 0 radical (unpaired) electrons. The molecule has 2 aliphatic rings. The van der Waals surface area contributed by atoms with Gasteiger partial charge in [0, 0.05) is 31.4 Å². The molecule has 290 valence electrons. The number of ether oxygens (including phenoxy) is 2. The Kier molecular flexibility index (Phi) is 11.4. The highest BCUT2D eigenvalue weighted by molar-refractivity contribution is 5.87. The zero-order valence-corrected chi connectivity index (χ0v) is 31.5. The van der Waals surface area contributed by atoms with Crippen molar-refractivity contribution in [3.05, 3.63) is 103 Å². The van der Waals surface area contributed by atoms with Crippen molar-refractivity contribution >= 4 is 24.0 Å². The first-order chi connectivity index (χ1) is 27.2. The number of carbonyl (C=O) groups excluding carboxylic acids is 4. The van der Waals surface area contributed by atoms with Crippen LogP contribution in [0.5, 0.6) is 0 Å². The molecule has 0 unspecified atom stereocenters. The highest BCUT2D eigenvalue weighted by atomic mass is 16.5. The lowest BCUT2D eigenvalue weighted by atomic mass is 10.0. The Morgan fingerprint density at radius 2 is 1.20 bits per heavy atom. The van der Waals surface area contributed by atoms with Gasteiger partial charge >= 0.3 is 12.2 Å². The Morgan fingerprint density at radius 3 is 1.70 bits per heavy atom. The predicted octanol–water partition coefficient (Wildman–Crippen LogP) is 5.57. The zero-order chi connectivity index (χ0) is 39.2.